The summed E-state index contributed by atoms with van der Waals surface area (Å²) in [6.45, 7) is 9.80. The van der Waals surface area contributed by atoms with Crippen LogP contribution in [0.4, 0.5) is 0 Å². The molecule has 17 heavy (non-hydrogen) atoms. The van der Waals surface area contributed by atoms with Gasteiger partial charge in [-0.25, -0.2) is 0 Å². The predicted octanol–water partition coefficient (Wildman–Crippen LogP) is 3.64. The van der Waals surface area contributed by atoms with Gasteiger partial charge in [-0.05, 0) is 25.3 Å². The molecule has 1 aromatic heterocycles. The Morgan fingerprint density at radius 1 is 1.47 bits per heavy atom. The van der Waals surface area contributed by atoms with E-state index in [-0.39, 0.29) is 11.5 Å². The minimum absolute atomic E-state index is 0.261. The molecule has 1 aromatic rings. The highest BCUT2D eigenvalue weighted by molar-refractivity contribution is 6.31. The number of hydrogen-bond acceptors (Lipinski definition) is 2. The molecule has 0 fully saturated rings. The largest absolute Gasteiger partial charge is 0.312 e. The zero-order valence-corrected chi connectivity index (χ0v) is 12.3. The van der Waals surface area contributed by atoms with Gasteiger partial charge in [0.2, 0.25) is 0 Å². The number of hydrogen-bond donors (Lipinski definition) is 1. The van der Waals surface area contributed by atoms with E-state index in [0.717, 1.165) is 30.1 Å². The standard InChI is InChI=1S/C13H24ClN3/c1-6-7-17-12(10(14)9-16-17)11(15-5)8-13(2,3)4/h9,11,15H,6-8H2,1-5H3. The monoisotopic (exact) mass is 257 g/mol. The van der Waals surface area contributed by atoms with Gasteiger partial charge in [-0.15, -0.1) is 0 Å². The van der Waals surface area contributed by atoms with Crippen LogP contribution in [0, 0.1) is 5.41 Å². The Morgan fingerprint density at radius 2 is 2.12 bits per heavy atom. The third kappa shape index (κ3) is 4.00. The molecular weight excluding hydrogens is 234 g/mol. The van der Waals surface area contributed by atoms with Gasteiger partial charge in [-0.3, -0.25) is 4.68 Å². The minimum atomic E-state index is 0.261. The zero-order chi connectivity index (χ0) is 13.1. The summed E-state index contributed by atoms with van der Waals surface area (Å²) in [4.78, 5) is 0. The molecule has 0 amide bonds. The van der Waals surface area contributed by atoms with Gasteiger partial charge in [0, 0.05) is 6.54 Å². The second-order valence-corrected chi connectivity index (χ2v) is 6.11. The number of nitrogens with one attached hydrogen (secondary N) is 1. The van der Waals surface area contributed by atoms with Crippen LogP contribution < -0.4 is 5.32 Å². The highest BCUT2D eigenvalue weighted by atomic mass is 35.5. The molecule has 0 saturated carbocycles. The van der Waals surface area contributed by atoms with Gasteiger partial charge in [0.05, 0.1) is 23.0 Å². The maximum absolute atomic E-state index is 6.26. The molecule has 1 unspecified atom stereocenters. The summed E-state index contributed by atoms with van der Waals surface area (Å²) in [7, 11) is 1.98. The molecule has 0 aromatic carbocycles. The van der Waals surface area contributed by atoms with E-state index >= 15 is 0 Å². The average Bonchev–Trinajstić information content (AvgIpc) is 2.56. The number of rotatable bonds is 5. The van der Waals surface area contributed by atoms with Crippen molar-refractivity contribution in [2.45, 2.75) is 53.1 Å². The van der Waals surface area contributed by atoms with Crippen molar-refractivity contribution in [2.24, 2.45) is 5.41 Å². The van der Waals surface area contributed by atoms with Crippen LogP contribution in [0.1, 0.15) is 52.3 Å². The second kappa shape index (κ2) is 5.87. The fourth-order valence-electron chi connectivity index (χ4n) is 2.06. The lowest BCUT2D eigenvalue weighted by Gasteiger charge is -2.26. The van der Waals surface area contributed by atoms with Crippen LogP contribution in [0.15, 0.2) is 6.20 Å². The Balaban J connectivity index is 2.98. The van der Waals surface area contributed by atoms with Crippen molar-refractivity contribution in [1.82, 2.24) is 15.1 Å². The molecule has 98 valence electrons. The lowest BCUT2D eigenvalue weighted by molar-refractivity contribution is 0.310. The molecule has 0 spiro atoms. The lowest BCUT2D eigenvalue weighted by atomic mass is 9.87. The SMILES string of the molecule is CCCn1ncc(Cl)c1C(CC(C)(C)C)NC. The number of halogens is 1. The molecular formula is C13H24ClN3. The molecule has 0 aliphatic rings. The molecule has 3 nitrogen and oxygen atoms in total. The van der Waals surface area contributed by atoms with Crippen LogP contribution in [0.25, 0.3) is 0 Å². The summed E-state index contributed by atoms with van der Waals surface area (Å²) in [5.41, 5.74) is 1.38. The first-order valence-electron chi connectivity index (χ1n) is 6.27. The number of nitrogens with zero attached hydrogens (tertiary/aromatic N) is 2. The molecule has 0 bridgehead atoms. The highest BCUT2D eigenvalue weighted by Gasteiger charge is 2.24. The molecule has 1 heterocycles. The van der Waals surface area contributed by atoms with Crippen molar-refractivity contribution in [3.63, 3.8) is 0 Å². The topological polar surface area (TPSA) is 29.9 Å². The Kier molecular flexibility index (Phi) is 5.02. The summed E-state index contributed by atoms with van der Waals surface area (Å²) >= 11 is 6.26. The summed E-state index contributed by atoms with van der Waals surface area (Å²) in [6.07, 6.45) is 3.86. The highest BCUT2D eigenvalue weighted by Crippen LogP contribution is 2.32. The summed E-state index contributed by atoms with van der Waals surface area (Å²) in [6, 6.07) is 0.261. The second-order valence-electron chi connectivity index (χ2n) is 5.71. The van der Waals surface area contributed by atoms with E-state index in [4.69, 9.17) is 11.6 Å². The predicted molar refractivity (Wildman–Crippen MR) is 73.4 cm³/mol. The van der Waals surface area contributed by atoms with E-state index < -0.39 is 0 Å². The Morgan fingerprint density at radius 3 is 2.59 bits per heavy atom. The maximum atomic E-state index is 6.26. The van der Waals surface area contributed by atoms with Gasteiger partial charge in [0.1, 0.15) is 0 Å². The van der Waals surface area contributed by atoms with Gasteiger partial charge in [-0.2, -0.15) is 5.10 Å². The Bertz CT molecular complexity index is 352. The van der Waals surface area contributed by atoms with Crippen LogP contribution in [0.5, 0.6) is 0 Å². The molecule has 1 atom stereocenters. The van der Waals surface area contributed by atoms with Gasteiger partial charge in [0.25, 0.3) is 0 Å². The third-order valence-electron chi connectivity index (χ3n) is 2.76. The first-order valence-corrected chi connectivity index (χ1v) is 6.65. The lowest BCUT2D eigenvalue weighted by Crippen LogP contribution is -2.25. The third-order valence-corrected chi connectivity index (χ3v) is 3.05. The minimum Gasteiger partial charge on any atom is -0.312 e. The number of aryl methyl sites for hydroxylation is 1. The van der Waals surface area contributed by atoms with Crippen LogP contribution in [-0.4, -0.2) is 16.8 Å². The van der Waals surface area contributed by atoms with E-state index in [2.05, 4.69) is 38.1 Å². The van der Waals surface area contributed by atoms with Crippen LogP contribution in [0.3, 0.4) is 0 Å². The molecule has 0 saturated heterocycles. The average molecular weight is 258 g/mol. The van der Waals surface area contributed by atoms with Crippen LogP contribution in [0.2, 0.25) is 5.02 Å². The van der Waals surface area contributed by atoms with Crippen molar-refractivity contribution in [2.75, 3.05) is 7.05 Å². The fourth-order valence-corrected chi connectivity index (χ4v) is 2.33. The first kappa shape index (κ1) is 14.5. The van der Waals surface area contributed by atoms with Crippen molar-refractivity contribution >= 4 is 11.6 Å². The van der Waals surface area contributed by atoms with Crippen LogP contribution in [-0.2, 0) is 6.54 Å². The molecule has 1 rings (SSSR count). The van der Waals surface area contributed by atoms with Gasteiger partial charge < -0.3 is 5.32 Å². The van der Waals surface area contributed by atoms with Crippen molar-refractivity contribution in [3.05, 3.63) is 16.9 Å². The normalized spacial score (nSPS) is 14.0. The van der Waals surface area contributed by atoms with Crippen molar-refractivity contribution in [3.8, 4) is 0 Å². The maximum Gasteiger partial charge on any atom is 0.0834 e. The van der Waals surface area contributed by atoms with E-state index in [0.29, 0.717) is 0 Å². The van der Waals surface area contributed by atoms with Gasteiger partial charge >= 0.3 is 0 Å². The zero-order valence-electron chi connectivity index (χ0n) is 11.5. The van der Waals surface area contributed by atoms with E-state index in [1.165, 1.54) is 0 Å². The quantitative estimate of drug-likeness (QED) is 0.873. The van der Waals surface area contributed by atoms with E-state index in [1.807, 2.05) is 11.7 Å². The molecule has 0 aliphatic carbocycles. The van der Waals surface area contributed by atoms with E-state index in [1.54, 1.807) is 6.20 Å². The van der Waals surface area contributed by atoms with Crippen LogP contribution >= 0.6 is 11.6 Å². The fraction of sp³-hybridized carbons (Fsp3) is 0.769. The molecule has 4 heteroatoms. The first-order chi connectivity index (χ1) is 7.89. The molecule has 1 N–H and O–H groups in total. The Hall–Kier alpha value is -0.540. The van der Waals surface area contributed by atoms with Gasteiger partial charge in [0.15, 0.2) is 0 Å². The molecule has 0 radical (unpaired) electrons. The van der Waals surface area contributed by atoms with Crippen molar-refractivity contribution < 1.29 is 0 Å². The number of aromatic nitrogens is 2. The smallest absolute Gasteiger partial charge is 0.0834 e. The van der Waals surface area contributed by atoms with E-state index in [9.17, 15) is 0 Å². The van der Waals surface area contributed by atoms with Crippen molar-refractivity contribution in [1.29, 1.82) is 0 Å². The summed E-state index contributed by atoms with van der Waals surface area (Å²) in [5, 5.41) is 8.47. The summed E-state index contributed by atoms with van der Waals surface area (Å²) < 4.78 is 2.02. The summed E-state index contributed by atoms with van der Waals surface area (Å²) in [5.74, 6) is 0. The Labute approximate surface area is 110 Å². The molecule has 0 aliphatic heterocycles. The van der Waals surface area contributed by atoms with Gasteiger partial charge in [-0.1, -0.05) is 39.3 Å².